The standard InChI is InChI=1S/C16H25NO4/c1-16(2,3)15(6-7-18)17-9-12(19)11-4-5-13-14(8-11)21-10-20-13/h4-5,8,12,15,17-19H,6-7,9-10H2,1-3H3. The topological polar surface area (TPSA) is 71.0 Å². The fourth-order valence-electron chi connectivity index (χ4n) is 2.46. The van der Waals surface area contributed by atoms with Crippen molar-refractivity contribution in [3.63, 3.8) is 0 Å². The van der Waals surface area contributed by atoms with E-state index < -0.39 is 6.10 Å². The summed E-state index contributed by atoms with van der Waals surface area (Å²) in [6.45, 7) is 7.15. The minimum atomic E-state index is -0.622. The zero-order valence-electron chi connectivity index (χ0n) is 12.9. The van der Waals surface area contributed by atoms with Crippen molar-refractivity contribution in [2.24, 2.45) is 5.41 Å². The lowest BCUT2D eigenvalue weighted by Crippen LogP contribution is -2.42. The highest BCUT2D eigenvalue weighted by molar-refractivity contribution is 5.45. The lowest BCUT2D eigenvalue weighted by Gasteiger charge is -2.32. The van der Waals surface area contributed by atoms with Gasteiger partial charge >= 0.3 is 0 Å². The predicted octanol–water partition coefficient (Wildman–Crippen LogP) is 1.84. The molecular weight excluding hydrogens is 270 g/mol. The van der Waals surface area contributed by atoms with Crippen molar-refractivity contribution in [1.82, 2.24) is 5.32 Å². The molecule has 1 aromatic rings. The Balaban J connectivity index is 1.96. The Kier molecular flexibility index (Phi) is 5.08. The Morgan fingerprint density at radius 2 is 1.95 bits per heavy atom. The number of rotatable bonds is 6. The normalized spacial score (nSPS) is 16.8. The van der Waals surface area contributed by atoms with Gasteiger partial charge in [-0.15, -0.1) is 0 Å². The molecule has 0 saturated carbocycles. The molecule has 0 aromatic heterocycles. The minimum Gasteiger partial charge on any atom is -0.454 e. The van der Waals surface area contributed by atoms with Crippen molar-refractivity contribution < 1.29 is 19.7 Å². The highest BCUT2D eigenvalue weighted by Crippen LogP contribution is 2.34. The van der Waals surface area contributed by atoms with Crippen molar-refractivity contribution in [1.29, 1.82) is 0 Å². The van der Waals surface area contributed by atoms with Crippen LogP contribution in [0.4, 0.5) is 0 Å². The average molecular weight is 295 g/mol. The SMILES string of the molecule is CC(C)(C)C(CCO)NCC(O)c1ccc2c(c1)OCO2. The van der Waals surface area contributed by atoms with Gasteiger partial charge < -0.3 is 25.0 Å². The van der Waals surface area contributed by atoms with E-state index in [1.165, 1.54) is 0 Å². The van der Waals surface area contributed by atoms with E-state index in [1.54, 1.807) is 0 Å². The van der Waals surface area contributed by atoms with Crippen LogP contribution in [0.1, 0.15) is 38.9 Å². The number of fused-ring (bicyclic) bond motifs is 1. The second kappa shape index (κ2) is 6.64. The van der Waals surface area contributed by atoms with Gasteiger partial charge in [0, 0.05) is 19.2 Å². The molecule has 1 aromatic carbocycles. The van der Waals surface area contributed by atoms with E-state index in [9.17, 15) is 5.11 Å². The van der Waals surface area contributed by atoms with Gasteiger partial charge in [-0.2, -0.15) is 0 Å². The van der Waals surface area contributed by atoms with Crippen LogP contribution >= 0.6 is 0 Å². The van der Waals surface area contributed by atoms with E-state index >= 15 is 0 Å². The van der Waals surface area contributed by atoms with Gasteiger partial charge in [0.2, 0.25) is 6.79 Å². The molecule has 118 valence electrons. The number of nitrogens with one attached hydrogen (secondary N) is 1. The lowest BCUT2D eigenvalue weighted by atomic mass is 9.85. The maximum atomic E-state index is 10.3. The molecule has 5 heteroatoms. The van der Waals surface area contributed by atoms with Crippen molar-refractivity contribution in [2.75, 3.05) is 19.9 Å². The Hall–Kier alpha value is -1.30. The number of hydrogen-bond donors (Lipinski definition) is 3. The van der Waals surface area contributed by atoms with Crippen LogP contribution in [0.15, 0.2) is 18.2 Å². The molecule has 0 fully saturated rings. The molecule has 0 amide bonds. The second-order valence-corrected chi connectivity index (χ2v) is 6.47. The van der Waals surface area contributed by atoms with E-state index in [2.05, 4.69) is 26.1 Å². The number of hydrogen-bond acceptors (Lipinski definition) is 5. The summed E-state index contributed by atoms with van der Waals surface area (Å²) in [4.78, 5) is 0. The molecule has 21 heavy (non-hydrogen) atoms. The summed E-state index contributed by atoms with van der Waals surface area (Å²) in [6.07, 6.45) is 0.0419. The first-order valence-electron chi connectivity index (χ1n) is 7.33. The summed E-state index contributed by atoms with van der Waals surface area (Å²) in [7, 11) is 0. The van der Waals surface area contributed by atoms with E-state index in [0.717, 1.165) is 5.56 Å². The molecule has 1 heterocycles. The highest BCUT2D eigenvalue weighted by Gasteiger charge is 2.25. The van der Waals surface area contributed by atoms with Crippen LogP contribution in [0, 0.1) is 5.41 Å². The predicted molar refractivity (Wildman–Crippen MR) is 80.5 cm³/mol. The average Bonchev–Trinajstić information content (AvgIpc) is 2.89. The molecule has 2 unspecified atom stereocenters. The first-order chi connectivity index (χ1) is 9.91. The summed E-state index contributed by atoms with van der Waals surface area (Å²) in [5.41, 5.74) is 0.820. The Morgan fingerprint density at radius 1 is 1.24 bits per heavy atom. The zero-order chi connectivity index (χ0) is 15.5. The number of aliphatic hydroxyl groups excluding tert-OH is 2. The molecular formula is C16H25NO4. The van der Waals surface area contributed by atoms with Gasteiger partial charge in [-0.1, -0.05) is 26.8 Å². The molecule has 2 atom stereocenters. The third-order valence-corrected chi connectivity index (χ3v) is 3.80. The summed E-state index contributed by atoms with van der Waals surface area (Å²) in [6, 6.07) is 5.62. The molecule has 5 nitrogen and oxygen atoms in total. The van der Waals surface area contributed by atoms with Crippen LogP contribution in [0.5, 0.6) is 11.5 Å². The summed E-state index contributed by atoms with van der Waals surface area (Å²) >= 11 is 0. The molecule has 1 aliphatic heterocycles. The summed E-state index contributed by atoms with van der Waals surface area (Å²) in [5, 5.41) is 22.8. The van der Waals surface area contributed by atoms with Crippen molar-refractivity contribution >= 4 is 0 Å². The van der Waals surface area contributed by atoms with Crippen LogP contribution in [-0.4, -0.2) is 36.2 Å². The highest BCUT2D eigenvalue weighted by atomic mass is 16.7. The van der Waals surface area contributed by atoms with Gasteiger partial charge in [0.1, 0.15) is 0 Å². The molecule has 0 spiro atoms. The van der Waals surface area contributed by atoms with E-state index in [1.807, 2.05) is 18.2 Å². The van der Waals surface area contributed by atoms with Gasteiger partial charge in [0.15, 0.2) is 11.5 Å². The van der Waals surface area contributed by atoms with Crippen LogP contribution in [-0.2, 0) is 0 Å². The van der Waals surface area contributed by atoms with Crippen LogP contribution < -0.4 is 14.8 Å². The summed E-state index contributed by atoms with van der Waals surface area (Å²) in [5.74, 6) is 1.39. The second-order valence-electron chi connectivity index (χ2n) is 6.47. The fraction of sp³-hybridized carbons (Fsp3) is 0.625. The molecule has 0 aliphatic carbocycles. The molecule has 0 saturated heterocycles. The molecule has 0 bridgehead atoms. The van der Waals surface area contributed by atoms with Gasteiger partial charge in [-0.05, 0) is 29.5 Å². The maximum absolute atomic E-state index is 10.3. The third kappa shape index (κ3) is 4.09. The Bertz CT molecular complexity index is 470. The van der Waals surface area contributed by atoms with E-state index in [4.69, 9.17) is 14.6 Å². The number of benzene rings is 1. The van der Waals surface area contributed by atoms with E-state index in [0.29, 0.717) is 24.5 Å². The molecule has 0 radical (unpaired) electrons. The van der Waals surface area contributed by atoms with Crippen LogP contribution in [0.3, 0.4) is 0 Å². The molecule has 2 rings (SSSR count). The zero-order valence-corrected chi connectivity index (χ0v) is 12.9. The Labute approximate surface area is 125 Å². The largest absolute Gasteiger partial charge is 0.454 e. The third-order valence-electron chi connectivity index (χ3n) is 3.80. The smallest absolute Gasteiger partial charge is 0.231 e. The first-order valence-corrected chi connectivity index (χ1v) is 7.33. The monoisotopic (exact) mass is 295 g/mol. The van der Waals surface area contributed by atoms with Crippen molar-refractivity contribution in [2.45, 2.75) is 39.3 Å². The maximum Gasteiger partial charge on any atom is 0.231 e. The summed E-state index contributed by atoms with van der Waals surface area (Å²) < 4.78 is 10.6. The van der Waals surface area contributed by atoms with Crippen LogP contribution in [0.2, 0.25) is 0 Å². The Morgan fingerprint density at radius 3 is 2.62 bits per heavy atom. The number of aliphatic hydroxyl groups is 2. The minimum absolute atomic E-state index is 0.0251. The van der Waals surface area contributed by atoms with Crippen molar-refractivity contribution in [3.8, 4) is 11.5 Å². The van der Waals surface area contributed by atoms with Gasteiger partial charge in [-0.25, -0.2) is 0 Å². The lowest BCUT2D eigenvalue weighted by molar-refractivity contribution is 0.142. The number of ether oxygens (including phenoxy) is 2. The van der Waals surface area contributed by atoms with Crippen LogP contribution in [0.25, 0.3) is 0 Å². The van der Waals surface area contributed by atoms with Gasteiger partial charge in [0.25, 0.3) is 0 Å². The molecule has 1 aliphatic rings. The van der Waals surface area contributed by atoms with E-state index in [-0.39, 0.29) is 24.9 Å². The quantitative estimate of drug-likeness (QED) is 0.747. The van der Waals surface area contributed by atoms with Gasteiger partial charge in [0.05, 0.1) is 6.10 Å². The van der Waals surface area contributed by atoms with Gasteiger partial charge in [-0.3, -0.25) is 0 Å². The first kappa shape index (κ1) is 16.1. The van der Waals surface area contributed by atoms with Crippen molar-refractivity contribution in [3.05, 3.63) is 23.8 Å². The molecule has 3 N–H and O–H groups in total. The fourth-order valence-corrected chi connectivity index (χ4v) is 2.46.